The van der Waals surface area contributed by atoms with Crippen molar-refractivity contribution >= 4 is 28.7 Å². The average Bonchev–Trinajstić information content (AvgIpc) is 2.58. The molecule has 2 aromatic heterocycles. The summed E-state index contributed by atoms with van der Waals surface area (Å²) in [5.41, 5.74) is 7.02. The molecule has 0 aliphatic carbocycles. The van der Waals surface area contributed by atoms with Gasteiger partial charge in [0.25, 0.3) is 0 Å². The summed E-state index contributed by atoms with van der Waals surface area (Å²) in [6.07, 6.45) is 1.06. The van der Waals surface area contributed by atoms with E-state index in [1.54, 1.807) is 0 Å². The van der Waals surface area contributed by atoms with E-state index in [1.165, 1.54) is 18.1 Å². The quantitative estimate of drug-likeness (QED) is 0.647. The third kappa shape index (κ3) is 1.27. The molecule has 3 N–H and O–H groups in total. The van der Waals surface area contributed by atoms with E-state index in [9.17, 15) is 5.11 Å². The van der Waals surface area contributed by atoms with E-state index >= 15 is 0 Å². The van der Waals surface area contributed by atoms with Crippen LogP contribution in [-0.2, 0) is 6.54 Å². The van der Waals surface area contributed by atoms with E-state index in [0.717, 1.165) is 5.16 Å². The van der Waals surface area contributed by atoms with E-state index < -0.39 is 0 Å². The molecule has 3 rings (SSSR count). The molecule has 1 aliphatic heterocycles. The van der Waals surface area contributed by atoms with Crippen LogP contribution in [0.25, 0.3) is 11.2 Å². The smallest absolute Gasteiger partial charge is 0.170 e. The zero-order valence-electron chi connectivity index (χ0n) is 7.79. The summed E-state index contributed by atoms with van der Waals surface area (Å²) in [6.45, 7) is 0.523. The predicted molar refractivity (Wildman–Crippen MR) is 56.5 cm³/mol. The van der Waals surface area contributed by atoms with Gasteiger partial charge in [-0.1, -0.05) is 11.8 Å². The van der Waals surface area contributed by atoms with Crippen LogP contribution in [0.15, 0.2) is 11.5 Å². The minimum atomic E-state index is -0.351. The van der Waals surface area contributed by atoms with Gasteiger partial charge in [-0.05, 0) is 0 Å². The first-order valence-electron chi connectivity index (χ1n) is 4.53. The number of nitrogens with zero attached hydrogens (tertiary/aromatic N) is 4. The highest BCUT2D eigenvalue weighted by molar-refractivity contribution is 7.99. The zero-order valence-corrected chi connectivity index (χ0v) is 8.61. The van der Waals surface area contributed by atoms with Crippen molar-refractivity contribution < 1.29 is 5.11 Å². The van der Waals surface area contributed by atoms with Crippen molar-refractivity contribution in [2.75, 3.05) is 11.5 Å². The molecule has 0 saturated carbocycles. The fourth-order valence-electron chi connectivity index (χ4n) is 1.64. The third-order valence-electron chi connectivity index (χ3n) is 2.32. The maximum absolute atomic E-state index is 9.56. The highest BCUT2D eigenvalue weighted by Gasteiger charge is 2.22. The fraction of sp³-hybridized carbons (Fsp3) is 0.375. The van der Waals surface area contributed by atoms with Crippen molar-refractivity contribution in [1.29, 1.82) is 0 Å². The molecule has 78 valence electrons. The molecule has 2 aromatic rings. The lowest BCUT2D eigenvalue weighted by atomic mass is 10.4. The molecule has 7 heteroatoms. The van der Waals surface area contributed by atoms with Crippen molar-refractivity contribution in [3.05, 3.63) is 6.33 Å². The Morgan fingerprint density at radius 1 is 1.53 bits per heavy atom. The molecular formula is C8H9N5OS. The van der Waals surface area contributed by atoms with Gasteiger partial charge in [0, 0.05) is 5.75 Å². The Balaban J connectivity index is 2.29. The molecule has 1 aliphatic rings. The lowest BCUT2D eigenvalue weighted by molar-refractivity contribution is 0.171. The number of aliphatic hydroxyl groups is 1. The second kappa shape index (κ2) is 3.07. The van der Waals surface area contributed by atoms with Gasteiger partial charge in [0.05, 0.1) is 12.6 Å². The van der Waals surface area contributed by atoms with Gasteiger partial charge in [-0.25, -0.2) is 15.0 Å². The molecular weight excluding hydrogens is 214 g/mol. The molecule has 0 spiro atoms. The number of imidazole rings is 1. The van der Waals surface area contributed by atoms with Crippen molar-refractivity contribution in [3.8, 4) is 0 Å². The van der Waals surface area contributed by atoms with Crippen molar-refractivity contribution in [2.45, 2.75) is 17.8 Å². The van der Waals surface area contributed by atoms with Gasteiger partial charge in [-0.2, -0.15) is 0 Å². The van der Waals surface area contributed by atoms with Gasteiger partial charge >= 0.3 is 0 Å². The molecule has 0 aromatic carbocycles. The van der Waals surface area contributed by atoms with Crippen LogP contribution < -0.4 is 5.73 Å². The monoisotopic (exact) mass is 223 g/mol. The predicted octanol–water partition coefficient (Wildman–Crippen LogP) is -0.125. The Kier molecular flexibility index (Phi) is 1.83. The van der Waals surface area contributed by atoms with E-state index in [-0.39, 0.29) is 6.10 Å². The van der Waals surface area contributed by atoms with Crippen molar-refractivity contribution in [2.24, 2.45) is 0 Å². The maximum atomic E-state index is 9.56. The summed E-state index contributed by atoms with van der Waals surface area (Å²) >= 11 is 1.51. The summed E-state index contributed by atoms with van der Waals surface area (Å²) in [4.78, 5) is 12.4. The Morgan fingerprint density at radius 3 is 3.27 bits per heavy atom. The van der Waals surface area contributed by atoms with Gasteiger partial charge in [0.2, 0.25) is 0 Å². The molecule has 0 radical (unpaired) electrons. The Morgan fingerprint density at radius 2 is 2.40 bits per heavy atom. The molecule has 6 nitrogen and oxygen atoms in total. The summed E-state index contributed by atoms with van der Waals surface area (Å²) in [6, 6.07) is 0. The number of aliphatic hydroxyl groups excluding tert-OH is 1. The molecule has 15 heavy (non-hydrogen) atoms. The number of anilines is 1. The van der Waals surface area contributed by atoms with Gasteiger partial charge < -0.3 is 15.4 Å². The summed E-state index contributed by atoms with van der Waals surface area (Å²) < 4.78 is 1.88. The summed E-state index contributed by atoms with van der Waals surface area (Å²) in [7, 11) is 0. The number of rotatable bonds is 0. The number of nitrogens with two attached hydrogens (primary N) is 1. The van der Waals surface area contributed by atoms with Crippen LogP contribution in [0.4, 0.5) is 5.82 Å². The molecule has 0 fully saturated rings. The minimum Gasteiger partial charge on any atom is -0.390 e. The standard InChI is InChI=1S/C8H9N5OS/c9-6-5-7(11-3-10-6)13-1-4(14)2-15-8(13)12-5/h3-4,14H,1-2H2,(H2,9,10,11)/t4-/m1/s1. The largest absolute Gasteiger partial charge is 0.390 e. The van der Waals surface area contributed by atoms with Gasteiger partial charge in [-0.15, -0.1) is 0 Å². The van der Waals surface area contributed by atoms with Gasteiger partial charge in [-0.3, -0.25) is 0 Å². The van der Waals surface area contributed by atoms with Crippen LogP contribution >= 0.6 is 11.8 Å². The second-order valence-corrected chi connectivity index (χ2v) is 4.39. The first-order valence-corrected chi connectivity index (χ1v) is 5.52. The van der Waals surface area contributed by atoms with E-state index in [1.807, 2.05) is 4.57 Å². The molecule has 1 atom stereocenters. The van der Waals surface area contributed by atoms with Crippen LogP contribution in [0.1, 0.15) is 0 Å². The number of fused-ring (bicyclic) bond motifs is 3. The third-order valence-corrected chi connectivity index (χ3v) is 3.44. The number of aromatic nitrogens is 4. The van der Waals surface area contributed by atoms with Gasteiger partial charge in [0.15, 0.2) is 22.1 Å². The first-order chi connectivity index (χ1) is 7.25. The van der Waals surface area contributed by atoms with E-state index in [0.29, 0.717) is 29.3 Å². The lowest BCUT2D eigenvalue weighted by Gasteiger charge is -2.18. The van der Waals surface area contributed by atoms with Crippen molar-refractivity contribution in [1.82, 2.24) is 19.5 Å². The molecule has 0 unspecified atom stereocenters. The van der Waals surface area contributed by atoms with Crippen LogP contribution in [0.5, 0.6) is 0 Å². The lowest BCUT2D eigenvalue weighted by Crippen LogP contribution is -2.23. The number of nitrogen functional groups attached to an aromatic ring is 1. The topological polar surface area (TPSA) is 89.9 Å². The molecule has 0 amide bonds. The number of hydrogen-bond acceptors (Lipinski definition) is 6. The Labute approximate surface area is 89.5 Å². The summed E-state index contributed by atoms with van der Waals surface area (Å²) in [5, 5.41) is 10.4. The fourth-order valence-corrected chi connectivity index (χ4v) is 2.56. The second-order valence-electron chi connectivity index (χ2n) is 3.40. The van der Waals surface area contributed by atoms with Crippen LogP contribution in [0.3, 0.4) is 0 Å². The Bertz CT molecular complexity index is 525. The first kappa shape index (κ1) is 8.93. The van der Waals surface area contributed by atoms with E-state index in [2.05, 4.69) is 15.0 Å². The summed E-state index contributed by atoms with van der Waals surface area (Å²) in [5.74, 6) is 1.05. The number of hydrogen-bond donors (Lipinski definition) is 2. The van der Waals surface area contributed by atoms with Crippen molar-refractivity contribution in [3.63, 3.8) is 0 Å². The van der Waals surface area contributed by atoms with Crippen LogP contribution in [-0.4, -0.2) is 36.5 Å². The zero-order chi connectivity index (χ0) is 10.4. The van der Waals surface area contributed by atoms with Crippen LogP contribution in [0, 0.1) is 0 Å². The van der Waals surface area contributed by atoms with Crippen LogP contribution in [0.2, 0.25) is 0 Å². The molecule has 0 bridgehead atoms. The highest BCUT2D eigenvalue weighted by atomic mass is 32.2. The van der Waals surface area contributed by atoms with E-state index in [4.69, 9.17) is 5.73 Å². The maximum Gasteiger partial charge on any atom is 0.170 e. The average molecular weight is 223 g/mol. The SMILES string of the molecule is Nc1ncnc2c1nc1n2C[C@@H](O)CS1. The minimum absolute atomic E-state index is 0.351. The molecule has 3 heterocycles. The highest BCUT2D eigenvalue weighted by Crippen LogP contribution is 2.29. The molecule has 0 saturated heterocycles. The Hall–Kier alpha value is -1.34. The van der Waals surface area contributed by atoms with Gasteiger partial charge in [0.1, 0.15) is 6.33 Å². The normalized spacial score (nSPS) is 20.5. The number of thioether (sulfide) groups is 1.